The highest BCUT2D eigenvalue weighted by Gasteiger charge is 2.37. The standard InChI is InChI=1S/C14H29N3O/c1-2-17(14(13-15)5-3-4-6-14)8-7-16-9-11-18-12-10-16/h2-13,15H2,1H3. The predicted molar refractivity (Wildman–Crippen MR) is 74.8 cm³/mol. The number of ether oxygens (including phenoxy) is 1. The molecule has 1 aliphatic heterocycles. The minimum atomic E-state index is 0.307. The highest BCUT2D eigenvalue weighted by atomic mass is 16.5. The van der Waals surface area contributed by atoms with Gasteiger partial charge >= 0.3 is 0 Å². The highest BCUT2D eigenvalue weighted by molar-refractivity contribution is 4.95. The number of rotatable bonds is 6. The van der Waals surface area contributed by atoms with E-state index in [2.05, 4.69) is 16.7 Å². The molecule has 2 aliphatic rings. The van der Waals surface area contributed by atoms with E-state index >= 15 is 0 Å². The zero-order valence-electron chi connectivity index (χ0n) is 11.9. The quantitative estimate of drug-likeness (QED) is 0.766. The van der Waals surface area contributed by atoms with Crippen molar-refractivity contribution < 1.29 is 4.74 Å². The lowest BCUT2D eigenvalue weighted by Gasteiger charge is -2.41. The molecule has 1 saturated heterocycles. The van der Waals surface area contributed by atoms with Crippen LogP contribution in [0.2, 0.25) is 0 Å². The van der Waals surface area contributed by atoms with Crippen LogP contribution >= 0.6 is 0 Å². The van der Waals surface area contributed by atoms with Gasteiger partial charge in [0, 0.05) is 38.3 Å². The van der Waals surface area contributed by atoms with Gasteiger partial charge in [0.05, 0.1) is 13.2 Å². The first-order chi connectivity index (χ1) is 8.80. The fourth-order valence-corrected chi connectivity index (χ4v) is 3.50. The second-order valence-electron chi connectivity index (χ2n) is 5.67. The summed E-state index contributed by atoms with van der Waals surface area (Å²) in [4.78, 5) is 5.15. The minimum absolute atomic E-state index is 0.307. The maximum atomic E-state index is 6.08. The molecule has 0 aromatic heterocycles. The normalized spacial score (nSPS) is 24.8. The van der Waals surface area contributed by atoms with E-state index in [9.17, 15) is 0 Å². The number of nitrogens with zero attached hydrogens (tertiary/aromatic N) is 2. The molecule has 4 nitrogen and oxygen atoms in total. The monoisotopic (exact) mass is 255 g/mol. The summed E-state index contributed by atoms with van der Waals surface area (Å²) in [5.74, 6) is 0. The van der Waals surface area contributed by atoms with Crippen molar-refractivity contribution >= 4 is 0 Å². The molecular formula is C14H29N3O. The van der Waals surface area contributed by atoms with Crippen molar-refractivity contribution in [2.75, 3.05) is 52.5 Å². The van der Waals surface area contributed by atoms with Crippen LogP contribution in [0.5, 0.6) is 0 Å². The summed E-state index contributed by atoms with van der Waals surface area (Å²) in [5.41, 5.74) is 6.39. The Labute approximate surface area is 111 Å². The molecule has 1 saturated carbocycles. The molecule has 2 fully saturated rings. The predicted octanol–water partition coefficient (Wildman–Crippen LogP) is 0.912. The molecule has 0 amide bonds. The Bertz CT molecular complexity index is 235. The summed E-state index contributed by atoms with van der Waals surface area (Å²) < 4.78 is 5.40. The lowest BCUT2D eigenvalue weighted by Crippen LogP contribution is -2.54. The Morgan fingerprint density at radius 2 is 1.89 bits per heavy atom. The second-order valence-corrected chi connectivity index (χ2v) is 5.67. The Morgan fingerprint density at radius 3 is 2.44 bits per heavy atom. The molecule has 1 heterocycles. The lowest BCUT2D eigenvalue weighted by atomic mass is 9.95. The summed E-state index contributed by atoms with van der Waals surface area (Å²) in [6.07, 6.45) is 5.29. The molecule has 0 aromatic carbocycles. The molecule has 0 radical (unpaired) electrons. The molecule has 2 N–H and O–H groups in total. The Balaban J connectivity index is 1.83. The van der Waals surface area contributed by atoms with Gasteiger partial charge in [0.1, 0.15) is 0 Å². The van der Waals surface area contributed by atoms with Crippen LogP contribution < -0.4 is 5.73 Å². The Morgan fingerprint density at radius 1 is 1.22 bits per heavy atom. The van der Waals surface area contributed by atoms with Crippen LogP contribution in [0.15, 0.2) is 0 Å². The average Bonchev–Trinajstić information content (AvgIpc) is 2.91. The third kappa shape index (κ3) is 3.23. The summed E-state index contributed by atoms with van der Waals surface area (Å²) in [6.45, 7) is 10.5. The van der Waals surface area contributed by atoms with Gasteiger partial charge < -0.3 is 10.5 Å². The first-order valence-electron chi connectivity index (χ1n) is 7.56. The molecule has 1 aliphatic carbocycles. The second kappa shape index (κ2) is 6.85. The van der Waals surface area contributed by atoms with Crippen LogP contribution in [0.3, 0.4) is 0 Å². The Hall–Kier alpha value is -0.160. The molecule has 106 valence electrons. The SMILES string of the molecule is CCN(CCN1CCOCC1)C1(CN)CCCC1. The molecule has 0 spiro atoms. The molecule has 2 rings (SSSR count). The van der Waals surface area contributed by atoms with Crippen molar-refractivity contribution in [3.8, 4) is 0 Å². The van der Waals surface area contributed by atoms with Gasteiger partial charge in [-0.15, -0.1) is 0 Å². The van der Waals surface area contributed by atoms with Gasteiger partial charge in [0.25, 0.3) is 0 Å². The van der Waals surface area contributed by atoms with Gasteiger partial charge in [-0.3, -0.25) is 9.80 Å². The van der Waals surface area contributed by atoms with Crippen LogP contribution in [-0.4, -0.2) is 67.8 Å². The van der Waals surface area contributed by atoms with Crippen LogP contribution in [0.1, 0.15) is 32.6 Å². The van der Waals surface area contributed by atoms with Crippen LogP contribution in [0.4, 0.5) is 0 Å². The molecule has 0 bridgehead atoms. The van der Waals surface area contributed by atoms with Gasteiger partial charge in [-0.05, 0) is 19.4 Å². The van der Waals surface area contributed by atoms with Crippen molar-refractivity contribution in [1.29, 1.82) is 0 Å². The van der Waals surface area contributed by atoms with Gasteiger partial charge in [-0.25, -0.2) is 0 Å². The van der Waals surface area contributed by atoms with E-state index in [-0.39, 0.29) is 0 Å². The highest BCUT2D eigenvalue weighted by Crippen LogP contribution is 2.34. The number of hydrogen-bond donors (Lipinski definition) is 1. The lowest BCUT2D eigenvalue weighted by molar-refractivity contribution is 0.0234. The largest absolute Gasteiger partial charge is 0.379 e. The smallest absolute Gasteiger partial charge is 0.0594 e. The van der Waals surface area contributed by atoms with E-state index in [0.29, 0.717) is 5.54 Å². The van der Waals surface area contributed by atoms with Crippen LogP contribution in [0.25, 0.3) is 0 Å². The van der Waals surface area contributed by atoms with E-state index < -0.39 is 0 Å². The molecule has 0 aromatic rings. The van der Waals surface area contributed by atoms with Gasteiger partial charge in [-0.2, -0.15) is 0 Å². The van der Waals surface area contributed by atoms with E-state index in [1.165, 1.54) is 32.2 Å². The fraction of sp³-hybridized carbons (Fsp3) is 1.00. The van der Waals surface area contributed by atoms with Crippen molar-refractivity contribution in [3.05, 3.63) is 0 Å². The van der Waals surface area contributed by atoms with Crippen molar-refractivity contribution in [1.82, 2.24) is 9.80 Å². The van der Waals surface area contributed by atoms with E-state index in [1.807, 2.05) is 0 Å². The number of morpholine rings is 1. The van der Waals surface area contributed by atoms with Gasteiger partial charge in [0.15, 0.2) is 0 Å². The first-order valence-corrected chi connectivity index (χ1v) is 7.56. The number of nitrogens with two attached hydrogens (primary N) is 1. The van der Waals surface area contributed by atoms with Crippen LogP contribution in [0, 0.1) is 0 Å². The molecule has 0 atom stereocenters. The third-order valence-electron chi connectivity index (χ3n) is 4.76. The molecule has 18 heavy (non-hydrogen) atoms. The number of likely N-dealkylation sites (N-methyl/N-ethyl adjacent to an activating group) is 1. The van der Waals surface area contributed by atoms with Crippen molar-refractivity contribution in [2.24, 2.45) is 5.73 Å². The molecule has 4 heteroatoms. The van der Waals surface area contributed by atoms with Crippen molar-refractivity contribution in [3.63, 3.8) is 0 Å². The zero-order chi connectivity index (χ0) is 12.8. The van der Waals surface area contributed by atoms with Gasteiger partial charge in [-0.1, -0.05) is 19.8 Å². The van der Waals surface area contributed by atoms with Crippen LogP contribution in [-0.2, 0) is 4.74 Å². The van der Waals surface area contributed by atoms with E-state index in [0.717, 1.165) is 45.9 Å². The topological polar surface area (TPSA) is 41.7 Å². The summed E-state index contributed by atoms with van der Waals surface area (Å²) in [7, 11) is 0. The maximum Gasteiger partial charge on any atom is 0.0594 e. The summed E-state index contributed by atoms with van der Waals surface area (Å²) >= 11 is 0. The molecule has 0 unspecified atom stereocenters. The minimum Gasteiger partial charge on any atom is -0.379 e. The molecular weight excluding hydrogens is 226 g/mol. The van der Waals surface area contributed by atoms with E-state index in [1.54, 1.807) is 0 Å². The summed E-state index contributed by atoms with van der Waals surface area (Å²) in [6, 6.07) is 0. The third-order valence-corrected chi connectivity index (χ3v) is 4.76. The fourth-order valence-electron chi connectivity index (χ4n) is 3.50. The first kappa shape index (κ1) is 14.3. The van der Waals surface area contributed by atoms with Crippen molar-refractivity contribution in [2.45, 2.75) is 38.1 Å². The average molecular weight is 255 g/mol. The zero-order valence-corrected chi connectivity index (χ0v) is 11.9. The summed E-state index contributed by atoms with van der Waals surface area (Å²) in [5, 5.41) is 0. The Kier molecular flexibility index (Phi) is 5.42. The van der Waals surface area contributed by atoms with Gasteiger partial charge in [0.2, 0.25) is 0 Å². The maximum absolute atomic E-state index is 6.08. The van der Waals surface area contributed by atoms with E-state index in [4.69, 9.17) is 10.5 Å². The number of hydrogen-bond acceptors (Lipinski definition) is 4.